The summed E-state index contributed by atoms with van der Waals surface area (Å²) < 4.78 is 0. The van der Waals surface area contributed by atoms with Gasteiger partial charge < -0.3 is 4.90 Å². The normalized spacial score (nSPS) is 16.9. The fraction of sp³-hybridized carbons (Fsp3) is 0.429. The summed E-state index contributed by atoms with van der Waals surface area (Å²) in [6, 6.07) is 4.50. The molecule has 1 aromatic rings. The number of rotatable bonds is 2. The van der Waals surface area contributed by atoms with E-state index in [4.69, 9.17) is 23.2 Å². The minimum Gasteiger partial charge on any atom is -0.322 e. The molecule has 1 heterocycles. The number of halogens is 2. The molecular weight excluding hydrogens is 299 g/mol. The van der Waals surface area contributed by atoms with Gasteiger partial charge in [-0.3, -0.25) is 4.79 Å². The second-order valence-corrected chi connectivity index (χ2v) is 5.82. The van der Waals surface area contributed by atoms with E-state index in [0.717, 1.165) is 0 Å². The molecule has 2 rings (SSSR count). The van der Waals surface area contributed by atoms with E-state index in [0.29, 0.717) is 35.1 Å². The van der Waals surface area contributed by atoms with Crippen molar-refractivity contribution in [3.63, 3.8) is 0 Å². The van der Waals surface area contributed by atoms with Crippen LogP contribution in [0.1, 0.15) is 26.7 Å². The maximum atomic E-state index is 12.5. The van der Waals surface area contributed by atoms with E-state index in [-0.39, 0.29) is 18.0 Å². The molecule has 20 heavy (non-hydrogen) atoms. The van der Waals surface area contributed by atoms with Gasteiger partial charge in [0.25, 0.3) is 0 Å². The molecule has 1 aromatic carbocycles. The molecule has 0 atom stereocenters. The van der Waals surface area contributed by atoms with Crippen molar-refractivity contribution >= 4 is 40.8 Å². The molecule has 3 amide bonds. The number of hydrogen-bond acceptors (Lipinski definition) is 2. The van der Waals surface area contributed by atoms with E-state index in [9.17, 15) is 9.59 Å². The summed E-state index contributed by atoms with van der Waals surface area (Å²) in [5, 5.41) is 0.718. The number of amides is 3. The molecule has 108 valence electrons. The minimum atomic E-state index is -0.305. The molecule has 1 aliphatic heterocycles. The number of nitrogens with zero attached hydrogens (tertiary/aromatic N) is 2. The minimum absolute atomic E-state index is 0.0404. The maximum Gasteiger partial charge on any atom is 0.331 e. The molecule has 0 bridgehead atoms. The maximum absolute atomic E-state index is 12.5. The average molecular weight is 315 g/mol. The highest BCUT2D eigenvalue weighted by molar-refractivity contribution is 6.42. The highest BCUT2D eigenvalue weighted by atomic mass is 35.5. The van der Waals surface area contributed by atoms with Gasteiger partial charge in [-0.05, 0) is 38.5 Å². The van der Waals surface area contributed by atoms with Gasteiger partial charge in [0.2, 0.25) is 5.91 Å². The van der Waals surface area contributed by atoms with Crippen LogP contribution in [0.4, 0.5) is 10.5 Å². The van der Waals surface area contributed by atoms with Gasteiger partial charge in [-0.25, -0.2) is 9.69 Å². The topological polar surface area (TPSA) is 40.6 Å². The first-order valence-corrected chi connectivity index (χ1v) is 7.26. The Hall–Kier alpha value is -1.26. The van der Waals surface area contributed by atoms with E-state index >= 15 is 0 Å². The van der Waals surface area contributed by atoms with Gasteiger partial charge >= 0.3 is 6.03 Å². The predicted molar refractivity (Wildman–Crippen MR) is 80.4 cm³/mol. The van der Waals surface area contributed by atoms with Crippen LogP contribution in [0.2, 0.25) is 10.0 Å². The van der Waals surface area contributed by atoms with Crippen molar-refractivity contribution < 1.29 is 9.59 Å². The van der Waals surface area contributed by atoms with Crippen molar-refractivity contribution in [2.45, 2.75) is 32.7 Å². The van der Waals surface area contributed by atoms with Crippen LogP contribution in [0.25, 0.3) is 0 Å². The summed E-state index contributed by atoms with van der Waals surface area (Å²) >= 11 is 11.8. The van der Waals surface area contributed by atoms with Crippen molar-refractivity contribution in [1.82, 2.24) is 4.90 Å². The molecule has 1 aliphatic rings. The molecule has 0 saturated carbocycles. The third-order valence-corrected chi connectivity index (χ3v) is 4.00. The second kappa shape index (κ2) is 6.02. The zero-order chi connectivity index (χ0) is 14.9. The van der Waals surface area contributed by atoms with Gasteiger partial charge in [-0.1, -0.05) is 23.2 Å². The van der Waals surface area contributed by atoms with E-state index in [1.54, 1.807) is 23.1 Å². The lowest BCUT2D eigenvalue weighted by Crippen LogP contribution is -2.47. The van der Waals surface area contributed by atoms with Crippen molar-refractivity contribution in [2.75, 3.05) is 11.4 Å². The molecule has 1 saturated heterocycles. The molecule has 0 aromatic heterocycles. The summed E-state index contributed by atoms with van der Waals surface area (Å²) in [4.78, 5) is 27.6. The Morgan fingerprint density at radius 1 is 1.15 bits per heavy atom. The molecule has 6 heteroatoms. The molecule has 0 aliphatic carbocycles. The van der Waals surface area contributed by atoms with Gasteiger partial charge in [-0.15, -0.1) is 0 Å². The van der Waals surface area contributed by atoms with Gasteiger partial charge in [-0.2, -0.15) is 0 Å². The summed E-state index contributed by atoms with van der Waals surface area (Å²) in [6.45, 7) is 4.45. The van der Waals surface area contributed by atoms with Crippen molar-refractivity contribution in [3.05, 3.63) is 28.2 Å². The van der Waals surface area contributed by atoms with E-state index < -0.39 is 0 Å². The Labute approximate surface area is 128 Å². The Bertz CT molecular complexity index is 546. The first kappa shape index (κ1) is 15.1. The highest BCUT2D eigenvalue weighted by Gasteiger charge is 2.32. The molecule has 0 radical (unpaired) electrons. The predicted octanol–water partition coefficient (Wildman–Crippen LogP) is 3.95. The summed E-state index contributed by atoms with van der Waals surface area (Å²) in [7, 11) is 0. The number of carbonyl (C=O) groups excluding carboxylic acids is 2. The third kappa shape index (κ3) is 2.91. The molecule has 4 nitrogen and oxygen atoms in total. The van der Waals surface area contributed by atoms with Gasteiger partial charge in [0, 0.05) is 19.0 Å². The van der Waals surface area contributed by atoms with Crippen molar-refractivity contribution in [3.8, 4) is 0 Å². The Kier molecular flexibility index (Phi) is 4.55. The standard InChI is InChI=1S/C14H16Cl2N2O2/c1-9(2)17-7-3-4-13(19)18(14(17)20)10-5-6-11(15)12(16)8-10/h5-6,8-9H,3-4,7H2,1-2H3. The third-order valence-electron chi connectivity index (χ3n) is 3.26. The summed E-state index contributed by atoms with van der Waals surface area (Å²) in [6.07, 6.45) is 1.01. The number of carbonyl (C=O) groups is 2. The smallest absolute Gasteiger partial charge is 0.322 e. The van der Waals surface area contributed by atoms with E-state index in [2.05, 4.69) is 0 Å². The van der Waals surface area contributed by atoms with Crippen molar-refractivity contribution in [2.24, 2.45) is 0 Å². The molecular formula is C14H16Cl2N2O2. The quantitative estimate of drug-likeness (QED) is 0.829. The number of benzene rings is 1. The van der Waals surface area contributed by atoms with Gasteiger partial charge in [0.05, 0.1) is 15.7 Å². The Balaban J connectivity index is 2.41. The lowest BCUT2D eigenvalue weighted by atomic mass is 10.2. The van der Waals surface area contributed by atoms with Crippen LogP contribution >= 0.6 is 23.2 Å². The number of anilines is 1. The largest absolute Gasteiger partial charge is 0.331 e. The van der Waals surface area contributed by atoms with Crippen LogP contribution in [0.5, 0.6) is 0 Å². The van der Waals surface area contributed by atoms with Crippen LogP contribution in [0.15, 0.2) is 18.2 Å². The van der Waals surface area contributed by atoms with Crippen LogP contribution in [-0.2, 0) is 4.79 Å². The molecule has 0 unspecified atom stereocenters. The summed E-state index contributed by atoms with van der Waals surface area (Å²) in [5.74, 6) is -0.212. The van der Waals surface area contributed by atoms with Crippen molar-refractivity contribution in [1.29, 1.82) is 0 Å². The zero-order valence-corrected chi connectivity index (χ0v) is 12.9. The van der Waals surface area contributed by atoms with Gasteiger partial charge in [0.1, 0.15) is 0 Å². The average Bonchev–Trinajstić information content (AvgIpc) is 2.52. The summed E-state index contributed by atoms with van der Waals surface area (Å²) in [5.41, 5.74) is 0.460. The molecule has 0 N–H and O–H groups in total. The lowest BCUT2D eigenvalue weighted by Gasteiger charge is -2.29. The fourth-order valence-electron chi connectivity index (χ4n) is 2.20. The van der Waals surface area contributed by atoms with E-state index in [1.165, 1.54) is 4.90 Å². The zero-order valence-electron chi connectivity index (χ0n) is 11.4. The SMILES string of the molecule is CC(C)N1CCCC(=O)N(c2ccc(Cl)c(Cl)c2)C1=O. The van der Waals surface area contributed by atoms with Crippen LogP contribution in [0, 0.1) is 0 Å². The van der Waals surface area contributed by atoms with Crippen LogP contribution < -0.4 is 4.90 Å². The van der Waals surface area contributed by atoms with Crippen LogP contribution in [0.3, 0.4) is 0 Å². The first-order chi connectivity index (χ1) is 9.41. The Morgan fingerprint density at radius 3 is 2.45 bits per heavy atom. The number of imide groups is 1. The first-order valence-electron chi connectivity index (χ1n) is 6.50. The highest BCUT2D eigenvalue weighted by Crippen LogP contribution is 2.29. The number of urea groups is 1. The Morgan fingerprint density at radius 2 is 1.85 bits per heavy atom. The van der Waals surface area contributed by atoms with Gasteiger partial charge in [0.15, 0.2) is 0 Å². The monoisotopic (exact) mass is 314 g/mol. The molecule has 0 spiro atoms. The second-order valence-electron chi connectivity index (χ2n) is 5.00. The fourth-order valence-corrected chi connectivity index (χ4v) is 2.49. The van der Waals surface area contributed by atoms with E-state index in [1.807, 2.05) is 13.8 Å². The van der Waals surface area contributed by atoms with Crippen LogP contribution in [-0.4, -0.2) is 29.4 Å². The number of hydrogen-bond donors (Lipinski definition) is 0. The lowest BCUT2D eigenvalue weighted by molar-refractivity contribution is -0.117. The molecule has 1 fully saturated rings.